The summed E-state index contributed by atoms with van der Waals surface area (Å²) in [6.07, 6.45) is -3.75. The van der Waals surface area contributed by atoms with E-state index in [0.29, 0.717) is 6.42 Å². The molecule has 0 bridgehead atoms. The van der Waals surface area contributed by atoms with E-state index in [9.17, 15) is 13.2 Å². The van der Waals surface area contributed by atoms with Crippen LogP contribution >= 0.6 is 15.9 Å². The Morgan fingerprint density at radius 1 is 1.56 bits per heavy atom. The molecule has 0 aromatic heterocycles. The molecule has 9 heavy (non-hydrogen) atoms. The van der Waals surface area contributed by atoms with Crippen molar-refractivity contribution < 1.29 is 13.2 Å². The van der Waals surface area contributed by atoms with Gasteiger partial charge in [-0.05, 0) is 6.42 Å². The topological polar surface area (TPSA) is 0 Å². The van der Waals surface area contributed by atoms with E-state index in [1.807, 2.05) is 0 Å². The second-order valence-electron chi connectivity index (χ2n) is 1.76. The minimum atomic E-state index is -4.12. The molecule has 0 fully saturated rings. The van der Waals surface area contributed by atoms with E-state index in [4.69, 9.17) is 0 Å². The smallest absolute Gasteiger partial charge is 0.171 e. The summed E-state index contributed by atoms with van der Waals surface area (Å²) in [5, 5.41) is 0. The summed E-state index contributed by atoms with van der Waals surface area (Å²) in [6.45, 7) is 1.67. The van der Waals surface area contributed by atoms with E-state index in [1.165, 1.54) is 0 Å². The summed E-state index contributed by atoms with van der Waals surface area (Å²) in [7, 11) is 0. The molecule has 1 radical (unpaired) electrons. The van der Waals surface area contributed by atoms with Gasteiger partial charge in [0.1, 0.15) is 0 Å². The zero-order valence-electron chi connectivity index (χ0n) is 4.87. The molecule has 0 aliphatic heterocycles. The van der Waals surface area contributed by atoms with Crippen LogP contribution in [0.2, 0.25) is 0 Å². The van der Waals surface area contributed by atoms with E-state index in [2.05, 4.69) is 15.9 Å². The van der Waals surface area contributed by atoms with Crippen LogP contribution in [0.5, 0.6) is 0 Å². The fourth-order valence-electron chi connectivity index (χ4n) is 0.296. The molecule has 0 nitrogen and oxygen atoms in total. The van der Waals surface area contributed by atoms with Crippen LogP contribution in [0.25, 0.3) is 0 Å². The van der Waals surface area contributed by atoms with E-state index in [-0.39, 0.29) is 11.2 Å². The first kappa shape index (κ1) is 9.27. The number of hydrogen-bond acceptors (Lipinski definition) is 0. The van der Waals surface area contributed by atoms with Crippen LogP contribution < -0.4 is 0 Å². The lowest BCUT2D eigenvalue weighted by atomic mass is 10.2. The third-order valence-electron chi connectivity index (χ3n) is 0.674. The SMILES string of the molecule is CC(Br)C[CH]C(F)(F)F. The van der Waals surface area contributed by atoms with E-state index < -0.39 is 6.18 Å². The number of hydrogen-bond donors (Lipinski definition) is 0. The molecule has 4 heteroatoms. The molecular formula is C5H7BrF3. The Bertz CT molecular complexity index is 76.8. The Kier molecular flexibility index (Phi) is 3.54. The molecule has 1 unspecified atom stereocenters. The lowest BCUT2D eigenvalue weighted by Gasteiger charge is -2.05. The highest BCUT2D eigenvalue weighted by Crippen LogP contribution is 2.22. The second-order valence-corrected chi connectivity index (χ2v) is 3.33. The first-order valence-electron chi connectivity index (χ1n) is 2.47. The third-order valence-corrected chi connectivity index (χ3v) is 1.05. The number of alkyl halides is 4. The van der Waals surface area contributed by atoms with Gasteiger partial charge in [-0.3, -0.25) is 0 Å². The normalized spacial score (nSPS) is 15.7. The van der Waals surface area contributed by atoms with Crippen molar-refractivity contribution in [1.29, 1.82) is 0 Å². The Balaban J connectivity index is 3.28. The summed E-state index contributed by atoms with van der Waals surface area (Å²) in [4.78, 5) is -0.0980. The molecular weight excluding hydrogens is 197 g/mol. The molecule has 0 heterocycles. The van der Waals surface area contributed by atoms with Crippen molar-refractivity contribution in [2.75, 3.05) is 0 Å². The Morgan fingerprint density at radius 2 is 2.00 bits per heavy atom. The van der Waals surface area contributed by atoms with Gasteiger partial charge in [-0.1, -0.05) is 22.9 Å². The monoisotopic (exact) mass is 203 g/mol. The van der Waals surface area contributed by atoms with E-state index >= 15 is 0 Å². The zero-order valence-corrected chi connectivity index (χ0v) is 6.46. The molecule has 0 spiro atoms. The highest BCUT2D eigenvalue weighted by molar-refractivity contribution is 9.09. The van der Waals surface area contributed by atoms with Gasteiger partial charge in [-0.25, -0.2) is 0 Å². The molecule has 0 saturated carbocycles. The molecule has 55 valence electrons. The highest BCUT2D eigenvalue weighted by Gasteiger charge is 2.27. The molecule has 1 atom stereocenters. The predicted octanol–water partition coefficient (Wildman–Crippen LogP) is 2.93. The first-order chi connectivity index (χ1) is 3.92. The van der Waals surface area contributed by atoms with Gasteiger partial charge in [0.2, 0.25) is 0 Å². The van der Waals surface area contributed by atoms with Crippen LogP contribution in [-0.4, -0.2) is 11.0 Å². The van der Waals surface area contributed by atoms with Crippen LogP contribution in [0.4, 0.5) is 13.2 Å². The van der Waals surface area contributed by atoms with Crippen molar-refractivity contribution in [2.45, 2.75) is 24.3 Å². The van der Waals surface area contributed by atoms with Gasteiger partial charge in [-0.15, -0.1) is 0 Å². The summed E-state index contributed by atoms with van der Waals surface area (Å²) in [5.41, 5.74) is 0. The van der Waals surface area contributed by atoms with Gasteiger partial charge < -0.3 is 0 Å². The maximum atomic E-state index is 11.3. The maximum absolute atomic E-state index is 11.3. The summed E-state index contributed by atoms with van der Waals surface area (Å²) in [6, 6.07) is 0. The van der Waals surface area contributed by atoms with Crippen molar-refractivity contribution >= 4 is 15.9 Å². The van der Waals surface area contributed by atoms with Crippen LogP contribution in [0, 0.1) is 6.42 Å². The molecule has 0 saturated heterocycles. The van der Waals surface area contributed by atoms with E-state index in [0.717, 1.165) is 0 Å². The average molecular weight is 204 g/mol. The summed E-state index contributed by atoms with van der Waals surface area (Å²) < 4.78 is 34.0. The summed E-state index contributed by atoms with van der Waals surface area (Å²) >= 11 is 3.00. The van der Waals surface area contributed by atoms with Gasteiger partial charge in [0.25, 0.3) is 0 Å². The minimum absolute atomic E-state index is 0.0312. The lowest BCUT2D eigenvalue weighted by molar-refractivity contribution is -0.0981. The fraction of sp³-hybridized carbons (Fsp3) is 0.800. The third kappa shape index (κ3) is 8.27. The standard InChI is InChI=1S/C5H7BrF3/c1-4(6)2-3-5(7,8)9/h3-4H,2H2,1H3. The Morgan fingerprint density at radius 3 is 2.11 bits per heavy atom. The van der Waals surface area contributed by atoms with Crippen molar-refractivity contribution in [3.8, 4) is 0 Å². The zero-order chi connectivity index (χ0) is 7.49. The minimum Gasteiger partial charge on any atom is -0.171 e. The molecule has 0 aliphatic carbocycles. The predicted molar refractivity (Wildman–Crippen MR) is 33.4 cm³/mol. The van der Waals surface area contributed by atoms with Crippen LogP contribution in [0.15, 0.2) is 0 Å². The first-order valence-corrected chi connectivity index (χ1v) is 3.38. The molecule has 0 aromatic carbocycles. The molecule has 0 amide bonds. The van der Waals surface area contributed by atoms with Gasteiger partial charge in [0.05, 0.1) is 6.42 Å². The fourth-order valence-corrected chi connectivity index (χ4v) is 0.483. The van der Waals surface area contributed by atoms with Crippen LogP contribution in [-0.2, 0) is 0 Å². The number of halogens is 4. The van der Waals surface area contributed by atoms with Gasteiger partial charge >= 0.3 is 6.18 Å². The molecule has 0 aliphatic rings. The van der Waals surface area contributed by atoms with Gasteiger partial charge in [0.15, 0.2) is 0 Å². The van der Waals surface area contributed by atoms with Crippen LogP contribution in [0.1, 0.15) is 13.3 Å². The van der Waals surface area contributed by atoms with Crippen molar-refractivity contribution in [3.05, 3.63) is 6.42 Å². The highest BCUT2D eigenvalue weighted by atomic mass is 79.9. The quantitative estimate of drug-likeness (QED) is 0.606. The van der Waals surface area contributed by atoms with Crippen molar-refractivity contribution in [3.63, 3.8) is 0 Å². The second kappa shape index (κ2) is 3.44. The average Bonchev–Trinajstić information content (AvgIpc) is 1.59. The largest absolute Gasteiger partial charge is 0.392 e. The van der Waals surface area contributed by atoms with Crippen LogP contribution in [0.3, 0.4) is 0 Å². The number of rotatable bonds is 2. The molecule has 0 rings (SSSR count). The van der Waals surface area contributed by atoms with E-state index in [1.54, 1.807) is 6.92 Å². The Hall–Kier alpha value is 0.270. The summed E-state index contributed by atoms with van der Waals surface area (Å²) in [5.74, 6) is 0. The van der Waals surface area contributed by atoms with Crippen molar-refractivity contribution in [2.24, 2.45) is 0 Å². The Labute approximate surface area is 60.6 Å². The lowest BCUT2D eigenvalue weighted by Crippen LogP contribution is -2.10. The molecule has 0 N–H and O–H groups in total. The van der Waals surface area contributed by atoms with Gasteiger partial charge in [0, 0.05) is 4.83 Å². The van der Waals surface area contributed by atoms with Crippen molar-refractivity contribution in [1.82, 2.24) is 0 Å². The van der Waals surface area contributed by atoms with Gasteiger partial charge in [-0.2, -0.15) is 13.2 Å². The molecule has 0 aromatic rings. The maximum Gasteiger partial charge on any atom is 0.392 e.